The van der Waals surface area contributed by atoms with Crippen molar-refractivity contribution in [2.45, 2.75) is 12.0 Å². The summed E-state index contributed by atoms with van der Waals surface area (Å²) in [6, 6.07) is 1.80. The molecule has 5 nitrogen and oxygen atoms in total. The fourth-order valence-corrected chi connectivity index (χ4v) is 2.15. The highest BCUT2D eigenvalue weighted by atomic mass is 32.1. The SMILES string of the molecule is COC1(CNc2cnccc2C(N)=S)CCOC1. The van der Waals surface area contributed by atoms with E-state index in [0.717, 1.165) is 24.3 Å². The van der Waals surface area contributed by atoms with Crippen molar-refractivity contribution in [1.29, 1.82) is 0 Å². The number of hydrogen-bond acceptors (Lipinski definition) is 5. The third kappa shape index (κ3) is 2.77. The largest absolute Gasteiger partial charge is 0.389 e. The molecule has 6 heteroatoms. The normalized spacial score (nSPS) is 22.9. The van der Waals surface area contributed by atoms with Crippen molar-refractivity contribution in [3.63, 3.8) is 0 Å². The van der Waals surface area contributed by atoms with Gasteiger partial charge in [0.15, 0.2) is 0 Å². The van der Waals surface area contributed by atoms with Crippen LogP contribution in [0, 0.1) is 0 Å². The zero-order valence-corrected chi connectivity index (χ0v) is 11.1. The molecule has 2 rings (SSSR count). The Bertz CT molecular complexity index is 433. The van der Waals surface area contributed by atoms with Crippen molar-refractivity contribution in [2.24, 2.45) is 5.73 Å². The summed E-state index contributed by atoms with van der Waals surface area (Å²) in [5.41, 5.74) is 7.02. The van der Waals surface area contributed by atoms with Crippen LogP contribution in [0.5, 0.6) is 0 Å². The molecule has 1 atom stereocenters. The standard InChI is InChI=1S/C12H17N3O2S/c1-16-12(3-5-17-8-12)7-15-10-6-14-4-2-9(10)11(13)18/h2,4,6,15H,3,5,7-8H2,1H3,(H2,13,18). The Labute approximate surface area is 112 Å². The fraction of sp³-hybridized carbons (Fsp3) is 0.500. The molecule has 0 spiro atoms. The van der Waals surface area contributed by atoms with Crippen molar-refractivity contribution in [3.8, 4) is 0 Å². The first kappa shape index (κ1) is 13.2. The Morgan fingerprint density at radius 1 is 1.72 bits per heavy atom. The number of anilines is 1. The zero-order valence-electron chi connectivity index (χ0n) is 10.3. The maximum absolute atomic E-state index is 5.67. The lowest BCUT2D eigenvalue weighted by atomic mass is 10.0. The van der Waals surface area contributed by atoms with Gasteiger partial charge in [-0.25, -0.2) is 0 Å². The van der Waals surface area contributed by atoms with E-state index in [1.165, 1.54) is 0 Å². The third-order valence-electron chi connectivity index (χ3n) is 3.19. The van der Waals surface area contributed by atoms with E-state index in [-0.39, 0.29) is 5.60 Å². The van der Waals surface area contributed by atoms with Gasteiger partial charge >= 0.3 is 0 Å². The van der Waals surface area contributed by atoms with Crippen molar-refractivity contribution < 1.29 is 9.47 Å². The van der Waals surface area contributed by atoms with E-state index in [0.29, 0.717) is 18.1 Å². The lowest BCUT2D eigenvalue weighted by Gasteiger charge is -2.26. The first-order valence-corrected chi connectivity index (χ1v) is 6.18. The van der Waals surface area contributed by atoms with E-state index >= 15 is 0 Å². The Hall–Kier alpha value is -1.24. The molecular formula is C12H17N3O2S. The number of nitrogens with zero attached hydrogens (tertiary/aromatic N) is 1. The second kappa shape index (κ2) is 5.60. The van der Waals surface area contributed by atoms with E-state index in [4.69, 9.17) is 27.4 Å². The number of thiocarbonyl (C=S) groups is 1. The first-order valence-electron chi connectivity index (χ1n) is 5.77. The average Bonchev–Trinajstić information content (AvgIpc) is 2.86. The number of nitrogens with one attached hydrogen (secondary N) is 1. The second-order valence-electron chi connectivity index (χ2n) is 4.33. The Morgan fingerprint density at radius 2 is 2.56 bits per heavy atom. The lowest BCUT2D eigenvalue weighted by Crippen LogP contribution is -2.39. The quantitative estimate of drug-likeness (QED) is 0.774. The third-order valence-corrected chi connectivity index (χ3v) is 3.41. The molecule has 2 heterocycles. The molecule has 1 saturated heterocycles. The minimum Gasteiger partial charge on any atom is -0.389 e. The van der Waals surface area contributed by atoms with E-state index < -0.39 is 0 Å². The molecule has 0 radical (unpaired) electrons. The van der Waals surface area contributed by atoms with Crippen molar-refractivity contribution in [2.75, 3.05) is 32.2 Å². The Morgan fingerprint density at radius 3 is 3.17 bits per heavy atom. The average molecular weight is 267 g/mol. The Balaban J connectivity index is 2.08. The number of nitrogens with two attached hydrogens (primary N) is 1. The number of pyridine rings is 1. The molecule has 0 aliphatic carbocycles. The van der Waals surface area contributed by atoms with Gasteiger partial charge in [-0.3, -0.25) is 4.98 Å². The summed E-state index contributed by atoms with van der Waals surface area (Å²) in [5.74, 6) is 0. The second-order valence-corrected chi connectivity index (χ2v) is 4.77. The summed E-state index contributed by atoms with van der Waals surface area (Å²) in [5, 5.41) is 3.29. The predicted molar refractivity (Wildman–Crippen MR) is 73.8 cm³/mol. The number of methoxy groups -OCH3 is 1. The van der Waals surface area contributed by atoms with E-state index in [1.54, 1.807) is 25.6 Å². The van der Waals surface area contributed by atoms with Crippen molar-refractivity contribution in [1.82, 2.24) is 4.98 Å². The van der Waals surface area contributed by atoms with Crippen LogP contribution in [-0.4, -0.2) is 42.4 Å². The molecule has 0 saturated carbocycles. The molecule has 1 aliphatic heterocycles. The maximum Gasteiger partial charge on any atom is 0.110 e. The smallest absolute Gasteiger partial charge is 0.110 e. The van der Waals surface area contributed by atoms with Crippen LogP contribution in [0.3, 0.4) is 0 Å². The van der Waals surface area contributed by atoms with Crippen LogP contribution < -0.4 is 11.1 Å². The van der Waals surface area contributed by atoms with Gasteiger partial charge in [0.2, 0.25) is 0 Å². The van der Waals surface area contributed by atoms with Gasteiger partial charge in [0, 0.05) is 38.4 Å². The number of aromatic nitrogens is 1. The van der Waals surface area contributed by atoms with Crippen LogP contribution in [0.15, 0.2) is 18.5 Å². The highest BCUT2D eigenvalue weighted by Gasteiger charge is 2.34. The summed E-state index contributed by atoms with van der Waals surface area (Å²) in [4.78, 5) is 4.43. The minimum atomic E-state index is -0.274. The topological polar surface area (TPSA) is 69.4 Å². The van der Waals surface area contributed by atoms with Crippen LogP contribution in [0.2, 0.25) is 0 Å². The van der Waals surface area contributed by atoms with Crippen molar-refractivity contribution >= 4 is 22.9 Å². The highest BCUT2D eigenvalue weighted by molar-refractivity contribution is 7.80. The molecule has 0 aromatic carbocycles. The summed E-state index contributed by atoms with van der Waals surface area (Å²) in [6.45, 7) is 1.97. The van der Waals surface area contributed by atoms with Gasteiger partial charge in [-0.2, -0.15) is 0 Å². The van der Waals surface area contributed by atoms with Gasteiger partial charge < -0.3 is 20.5 Å². The number of hydrogen-bond donors (Lipinski definition) is 2. The van der Waals surface area contributed by atoms with Crippen molar-refractivity contribution in [3.05, 3.63) is 24.0 Å². The predicted octanol–water partition coefficient (Wildman–Crippen LogP) is 0.933. The molecule has 18 heavy (non-hydrogen) atoms. The molecule has 1 aromatic heterocycles. The van der Waals surface area contributed by atoms with E-state index in [1.807, 2.05) is 0 Å². The molecule has 3 N–H and O–H groups in total. The van der Waals surface area contributed by atoms with E-state index in [2.05, 4.69) is 10.3 Å². The van der Waals surface area contributed by atoms with Crippen LogP contribution >= 0.6 is 12.2 Å². The van der Waals surface area contributed by atoms with Gasteiger partial charge in [0.1, 0.15) is 10.6 Å². The van der Waals surface area contributed by atoms with Gasteiger partial charge in [-0.1, -0.05) is 12.2 Å². The molecular weight excluding hydrogens is 250 g/mol. The molecule has 1 aliphatic rings. The first-order chi connectivity index (χ1) is 8.67. The molecule has 1 unspecified atom stereocenters. The summed E-state index contributed by atoms with van der Waals surface area (Å²) in [7, 11) is 1.70. The number of rotatable bonds is 5. The van der Waals surface area contributed by atoms with Gasteiger partial charge in [-0.15, -0.1) is 0 Å². The summed E-state index contributed by atoms with van der Waals surface area (Å²) >= 11 is 5.01. The van der Waals surface area contributed by atoms with Gasteiger partial charge in [0.25, 0.3) is 0 Å². The molecule has 98 valence electrons. The summed E-state index contributed by atoms with van der Waals surface area (Å²) in [6.07, 6.45) is 4.26. The molecule has 0 bridgehead atoms. The van der Waals surface area contributed by atoms with Crippen LogP contribution in [0.4, 0.5) is 5.69 Å². The number of ether oxygens (including phenoxy) is 2. The van der Waals surface area contributed by atoms with Crippen LogP contribution in [-0.2, 0) is 9.47 Å². The minimum absolute atomic E-state index is 0.274. The maximum atomic E-state index is 5.67. The van der Waals surface area contributed by atoms with Crippen LogP contribution in [0.25, 0.3) is 0 Å². The molecule has 1 aromatic rings. The lowest BCUT2D eigenvalue weighted by molar-refractivity contribution is -0.00620. The Kier molecular flexibility index (Phi) is 4.11. The molecule has 0 amide bonds. The van der Waals surface area contributed by atoms with E-state index in [9.17, 15) is 0 Å². The summed E-state index contributed by atoms with van der Waals surface area (Å²) < 4.78 is 10.9. The monoisotopic (exact) mass is 267 g/mol. The fourth-order valence-electron chi connectivity index (χ4n) is 1.97. The van der Waals surface area contributed by atoms with Gasteiger partial charge in [-0.05, 0) is 6.07 Å². The van der Waals surface area contributed by atoms with Crippen LogP contribution in [0.1, 0.15) is 12.0 Å². The molecule has 1 fully saturated rings. The highest BCUT2D eigenvalue weighted by Crippen LogP contribution is 2.24. The zero-order chi connectivity index (χ0) is 13.0. The van der Waals surface area contributed by atoms with Gasteiger partial charge in [0.05, 0.1) is 18.5 Å².